The molecule has 0 spiro atoms. The van der Waals surface area contributed by atoms with Gasteiger partial charge in [-0.1, -0.05) is 6.07 Å². The second-order valence-corrected chi connectivity index (χ2v) is 2.47. The zero-order valence-corrected chi connectivity index (χ0v) is 5.91. The molecule has 2 rings (SSSR count). The average Bonchev–Trinajstić information content (AvgIpc) is 2.47. The Morgan fingerprint density at radius 2 is 2.36 bits per heavy atom. The van der Waals surface area contributed by atoms with Gasteiger partial charge in [0, 0.05) is 33.9 Å². The van der Waals surface area contributed by atoms with Crippen molar-refractivity contribution in [1.29, 1.82) is 0 Å². The summed E-state index contributed by atoms with van der Waals surface area (Å²) in [5.41, 5.74) is 6.96. The molecule has 0 fully saturated rings. The molecular weight excluding hydrogens is 136 g/mol. The molecular formula is C9H10N2. The van der Waals surface area contributed by atoms with E-state index in [-0.39, 0.29) is 0 Å². The van der Waals surface area contributed by atoms with Crippen LogP contribution in [0.1, 0.15) is 4.11 Å². The van der Waals surface area contributed by atoms with E-state index in [0.717, 1.165) is 5.39 Å². The standard InChI is InChI=1S/C9H10N2/c1-11-6-5-7-8(10)3-2-4-9(7)11/h2-6H,10H2,1H3/i1D3. The van der Waals surface area contributed by atoms with Crippen molar-refractivity contribution in [2.24, 2.45) is 6.98 Å². The molecule has 1 aromatic carbocycles. The van der Waals surface area contributed by atoms with Crippen LogP contribution in [0.4, 0.5) is 5.69 Å². The molecule has 2 heteroatoms. The Balaban J connectivity index is 2.76. The Labute approximate surface area is 69.5 Å². The van der Waals surface area contributed by atoms with E-state index in [0.29, 0.717) is 11.2 Å². The zero-order chi connectivity index (χ0) is 10.3. The van der Waals surface area contributed by atoms with E-state index in [9.17, 15) is 0 Å². The number of anilines is 1. The molecule has 2 N–H and O–H groups in total. The second kappa shape index (κ2) is 2.02. The van der Waals surface area contributed by atoms with Crippen LogP contribution in [0.2, 0.25) is 0 Å². The Kier molecular flexibility index (Phi) is 0.700. The molecule has 0 unspecified atom stereocenters. The molecule has 0 radical (unpaired) electrons. The first-order chi connectivity index (χ1) is 6.50. The summed E-state index contributed by atoms with van der Waals surface area (Å²) in [6, 6.07) is 6.97. The minimum Gasteiger partial charge on any atom is -0.398 e. The fourth-order valence-corrected chi connectivity index (χ4v) is 1.19. The summed E-state index contributed by atoms with van der Waals surface area (Å²) >= 11 is 0. The van der Waals surface area contributed by atoms with Crippen molar-refractivity contribution in [1.82, 2.24) is 4.57 Å². The third kappa shape index (κ3) is 0.792. The average molecular weight is 149 g/mol. The quantitative estimate of drug-likeness (QED) is 0.568. The molecule has 0 aliphatic heterocycles. The van der Waals surface area contributed by atoms with E-state index < -0.39 is 6.98 Å². The van der Waals surface area contributed by atoms with Gasteiger partial charge < -0.3 is 10.3 Å². The molecule has 11 heavy (non-hydrogen) atoms. The van der Waals surface area contributed by atoms with Crippen molar-refractivity contribution in [3.63, 3.8) is 0 Å². The lowest BCUT2D eigenvalue weighted by Crippen LogP contribution is -1.86. The van der Waals surface area contributed by atoms with E-state index in [2.05, 4.69) is 0 Å². The molecule has 2 aromatic rings. The highest BCUT2D eigenvalue weighted by Gasteiger charge is 1.98. The molecule has 0 bridgehead atoms. The van der Waals surface area contributed by atoms with E-state index in [1.54, 1.807) is 24.3 Å². The number of aromatic nitrogens is 1. The van der Waals surface area contributed by atoms with E-state index in [1.165, 1.54) is 10.8 Å². The number of nitrogens with zero attached hydrogens (tertiary/aromatic N) is 1. The van der Waals surface area contributed by atoms with Gasteiger partial charge in [0.05, 0.1) is 0 Å². The highest BCUT2D eigenvalue weighted by atomic mass is 14.9. The summed E-state index contributed by atoms with van der Waals surface area (Å²) in [7, 11) is 0. The van der Waals surface area contributed by atoms with Gasteiger partial charge in [0.25, 0.3) is 0 Å². The maximum atomic E-state index is 7.30. The molecule has 0 aliphatic carbocycles. The van der Waals surface area contributed by atoms with Gasteiger partial charge in [0.15, 0.2) is 0 Å². The fourth-order valence-electron chi connectivity index (χ4n) is 1.19. The Morgan fingerprint density at radius 3 is 3.18 bits per heavy atom. The highest BCUT2D eigenvalue weighted by Crippen LogP contribution is 2.20. The third-order valence-corrected chi connectivity index (χ3v) is 1.77. The maximum Gasteiger partial charge on any atom is 0.0498 e. The molecule has 0 atom stereocenters. The van der Waals surface area contributed by atoms with Crippen molar-refractivity contribution in [3.8, 4) is 0 Å². The Bertz CT molecular complexity index is 470. The molecule has 0 saturated heterocycles. The number of nitrogen functional groups attached to an aromatic ring is 1. The van der Waals surface area contributed by atoms with Crippen molar-refractivity contribution in [2.75, 3.05) is 5.73 Å². The van der Waals surface area contributed by atoms with Gasteiger partial charge in [-0.3, -0.25) is 0 Å². The smallest absolute Gasteiger partial charge is 0.0498 e. The monoisotopic (exact) mass is 149 g/mol. The summed E-state index contributed by atoms with van der Waals surface area (Å²) in [6.07, 6.45) is 1.54. The van der Waals surface area contributed by atoms with Crippen LogP contribution in [0, 0.1) is 0 Å². The largest absolute Gasteiger partial charge is 0.398 e. The van der Waals surface area contributed by atoms with Crippen LogP contribution in [0.3, 0.4) is 0 Å². The fraction of sp³-hybridized carbons (Fsp3) is 0.111. The summed E-state index contributed by atoms with van der Waals surface area (Å²) in [5.74, 6) is 0. The lowest BCUT2D eigenvalue weighted by atomic mass is 10.2. The van der Waals surface area contributed by atoms with Crippen LogP contribution in [0.15, 0.2) is 30.5 Å². The van der Waals surface area contributed by atoms with Crippen molar-refractivity contribution < 1.29 is 4.11 Å². The molecule has 1 aromatic heterocycles. The molecule has 0 amide bonds. The van der Waals surface area contributed by atoms with E-state index in [1.807, 2.05) is 0 Å². The predicted octanol–water partition coefficient (Wildman–Crippen LogP) is 1.76. The van der Waals surface area contributed by atoms with Crippen LogP contribution in [0.25, 0.3) is 10.9 Å². The van der Waals surface area contributed by atoms with Gasteiger partial charge in [-0.05, 0) is 18.2 Å². The first kappa shape index (κ1) is 3.81. The van der Waals surface area contributed by atoms with Gasteiger partial charge >= 0.3 is 0 Å². The zero-order valence-electron chi connectivity index (χ0n) is 8.91. The van der Waals surface area contributed by atoms with Crippen molar-refractivity contribution in [2.45, 2.75) is 0 Å². The number of hydrogen-bond acceptors (Lipinski definition) is 1. The van der Waals surface area contributed by atoms with Crippen LogP contribution < -0.4 is 5.73 Å². The normalized spacial score (nSPS) is 15.8. The van der Waals surface area contributed by atoms with Gasteiger partial charge in [-0.25, -0.2) is 0 Å². The number of fused-ring (bicyclic) bond motifs is 1. The lowest BCUT2D eigenvalue weighted by Gasteiger charge is -1.96. The minimum atomic E-state index is -2.14. The second-order valence-electron chi connectivity index (χ2n) is 2.47. The molecule has 0 saturated carbocycles. The van der Waals surface area contributed by atoms with Gasteiger partial charge in [0.1, 0.15) is 0 Å². The Hall–Kier alpha value is -1.44. The Morgan fingerprint density at radius 1 is 1.45 bits per heavy atom. The first-order valence-electron chi connectivity index (χ1n) is 4.86. The molecule has 1 heterocycles. The van der Waals surface area contributed by atoms with E-state index in [4.69, 9.17) is 9.85 Å². The van der Waals surface area contributed by atoms with Crippen LogP contribution >= 0.6 is 0 Å². The number of hydrogen-bond donors (Lipinski definition) is 1. The van der Waals surface area contributed by atoms with Crippen LogP contribution in [-0.4, -0.2) is 4.57 Å². The van der Waals surface area contributed by atoms with Crippen LogP contribution in [-0.2, 0) is 6.98 Å². The number of benzene rings is 1. The lowest BCUT2D eigenvalue weighted by molar-refractivity contribution is 0.969. The van der Waals surface area contributed by atoms with Gasteiger partial charge in [-0.2, -0.15) is 0 Å². The number of nitrogens with two attached hydrogens (primary N) is 1. The SMILES string of the molecule is [2H]C([2H])([2H])n1ccc2c(N)cccc21. The topological polar surface area (TPSA) is 30.9 Å². The van der Waals surface area contributed by atoms with Gasteiger partial charge in [0.2, 0.25) is 0 Å². The molecule has 2 nitrogen and oxygen atoms in total. The summed E-state index contributed by atoms with van der Waals surface area (Å²) < 4.78 is 23.1. The molecule has 56 valence electrons. The third-order valence-electron chi connectivity index (χ3n) is 1.77. The number of rotatable bonds is 0. The van der Waals surface area contributed by atoms with Crippen LogP contribution in [0.5, 0.6) is 0 Å². The highest BCUT2D eigenvalue weighted by molar-refractivity contribution is 5.91. The maximum absolute atomic E-state index is 7.30. The minimum absolute atomic E-state index is 0.602. The first-order valence-corrected chi connectivity index (χ1v) is 3.36. The molecule has 0 aliphatic rings. The van der Waals surface area contributed by atoms with Crippen molar-refractivity contribution in [3.05, 3.63) is 30.5 Å². The summed E-state index contributed by atoms with van der Waals surface area (Å²) in [6.45, 7) is -2.14. The number of aryl methyl sites for hydroxylation is 1. The van der Waals surface area contributed by atoms with E-state index >= 15 is 0 Å². The summed E-state index contributed by atoms with van der Waals surface area (Å²) in [4.78, 5) is 0. The summed E-state index contributed by atoms with van der Waals surface area (Å²) in [5, 5.41) is 0.781. The van der Waals surface area contributed by atoms with Gasteiger partial charge in [-0.15, -0.1) is 0 Å². The predicted molar refractivity (Wildman–Crippen MR) is 47.3 cm³/mol. The van der Waals surface area contributed by atoms with Crippen molar-refractivity contribution >= 4 is 16.6 Å².